The first-order valence-corrected chi connectivity index (χ1v) is 6.54. The third-order valence-corrected chi connectivity index (χ3v) is 3.45. The van der Waals surface area contributed by atoms with Crippen LogP contribution in [0.25, 0.3) is 0 Å². The van der Waals surface area contributed by atoms with Gasteiger partial charge >= 0.3 is 12.0 Å². The SMILES string of the molecule is CC1(O)CCN(C(=O)N(CC(=O)O)C(C)(C)C)CC1. The van der Waals surface area contributed by atoms with E-state index >= 15 is 0 Å². The number of rotatable bonds is 2. The molecule has 1 heterocycles. The van der Waals surface area contributed by atoms with Gasteiger partial charge in [-0.15, -0.1) is 0 Å². The van der Waals surface area contributed by atoms with Crippen molar-refractivity contribution in [1.82, 2.24) is 9.80 Å². The fraction of sp³-hybridized carbons (Fsp3) is 0.846. The molecule has 1 aliphatic heterocycles. The van der Waals surface area contributed by atoms with Crippen molar-refractivity contribution in [2.75, 3.05) is 19.6 Å². The lowest BCUT2D eigenvalue weighted by atomic mass is 9.94. The first kappa shape index (κ1) is 15.8. The van der Waals surface area contributed by atoms with Crippen LogP contribution in [0.5, 0.6) is 0 Å². The predicted molar refractivity (Wildman–Crippen MR) is 70.9 cm³/mol. The van der Waals surface area contributed by atoms with Gasteiger partial charge in [0.2, 0.25) is 0 Å². The second-order valence-corrected chi connectivity index (χ2v) is 6.42. The van der Waals surface area contributed by atoms with Gasteiger partial charge in [0.15, 0.2) is 0 Å². The maximum absolute atomic E-state index is 12.4. The molecule has 0 spiro atoms. The molecule has 2 N–H and O–H groups in total. The third kappa shape index (κ3) is 4.38. The molecule has 0 bridgehead atoms. The molecular weight excluding hydrogens is 248 g/mol. The number of urea groups is 1. The van der Waals surface area contributed by atoms with Crippen LogP contribution < -0.4 is 0 Å². The van der Waals surface area contributed by atoms with E-state index in [-0.39, 0.29) is 12.6 Å². The number of amides is 2. The highest BCUT2D eigenvalue weighted by molar-refractivity contribution is 5.81. The molecule has 1 rings (SSSR count). The monoisotopic (exact) mass is 272 g/mol. The molecule has 0 atom stereocenters. The Bertz CT molecular complexity index is 350. The number of carbonyl (C=O) groups is 2. The van der Waals surface area contributed by atoms with E-state index in [2.05, 4.69) is 0 Å². The largest absolute Gasteiger partial charge is 0.480 e. The Hall–Kier alpha value is -1.30. The molecule has 2 amide bonds. The normalized spacial score (nSPS) is 19.1. The summed E-state index contributed by atoms with van der Waals surface area (Å²) in [5.74, 6) is -1.02. The average molecular weight is 272 g/mol. The molecule has 1 fully saturated rings. The Labute approximate surface area is 114 Å². The summed E-state index contributed by atoms with van der Waals surface area (Å²) in [5.41, 5.74) is -1.27. The van der Waals surface area contributed by atoms with Crippen molar-refractivity contribution in [3.05, 3.63) is 0 Å². The van der Waals surface area contributed by atoms with E-state index in [9.17, 15) is 14.7 Å². The highest BCUT2D eigenvalue weighted by atomic mass is 16.4. The Kier molecular flexibility index (Phi) is 4.45. The van der Waals surface area contributed by atoms with Crippen LogP contribution in [0.15, 0.2) is 0 Å². The maximum atomic E-state index is 12.4. The number of carboxylic acid groups (broad SMARTS) is 1. The smallest absolute Gasteiger partial charge is 0.323 e. The van der Waals surface area contributed by atoms with Gasteiger partial charge in [0, 0.05) is 18.6 Å². The molecular formula is C13H24N2O4. The van der Waals surface area contributed by atoms with Crippen molar-refractivity contribution in [3.63, 3.8) is 0 Å². The lowest BCUT2D eigenvalue weighted by Crippen LogP contribution is -2.56. The first-order valence-electron chi connectivity index (χ1n) is 6.54. The second-order valence-electron chi connectivity index (χ2n) is 6.42. The third-order valence-electron chi connectivity index (χ3n) is 3.45. The van der Waals surface area contributed by atoms with Crippen LogP contribution in [0.1, 0.15) is 40.5 Å². The summed E-state index contributed by atoms with van der Waals surface area (Å²) in [7, 11) is 0. The summed E-state index contributed by atoms with van der Waals surface area (Å²) in [6.45, 7) is 7.80. The van der Waals surface area contributed by atoms with Gasteiger partial charge in [0.25, 0.3) is 0 Å². The Morgan fingerprint density at radius 2 is 1.74 bits per heavy atom. The number of hydrogen-bond donors (Lipinski definition) is 2. The van der Waals surface area contributed by atoms with Gasteiger partial charge in [-0.1, -0.05) is 0 Å². The van der Waals surface area contributed by atoms with Crippen LogP contribution in [0.4, 0.5) is 4.79 Å². The van der Waals surface area contributed by atoms with E-state index in [1.165, 1.54) is 4.90 Å². The molecule has 6 heteroatoms. The molecule has 0 aromatic carbocycles. The summed E-state index contributed by atoms with van der Waals surface area (Å²) in [5, 5.41) is 18.8. The first-order chi connectivity index (χ1) is 8.53. The molecule has 110 valence electrons. The van der Waals surface area contributed by atoms with Crippen molar-refractivity contribution < 1.29 is 19.8 Å². The molecule has 0 aliphatic carbocycles. The van der Waals surface area contributed by atoms with Gasteiger partial charge in [0.1, 0.15) is 6.54 Å². The molecule has 19 heavy (non-hydrogen) atoms. The number of hydrogen-bond acceptors (Lipinski definition) is 3. The van der Waals surface area contributed by atoms with E-state index in [4.69, 9.17) is 5.11 Å². The fourth-order valence-corrected chi connectivity index (χ4v) is 2.08. The van der Waals surface area contributed by atoms with E-state index in [1.807, 2.05) is 20.8 Å². The van der Waals surface area contributed by atoms with Crippen molar-refractivity contribution in [1.29, 1.82) is 0 Å². The Morgan fingerprint density at radius 1 is 1.26 bits per heavy atom. The average Bonchev–Trinajstić information content (AvgIpc) is 2.23. The highest BCUT2D eigenvalue weighted by Gasteiger charge is 2.35. The number of piperidine rings is 1. The quantitative estimate of drug-likeness (QED) is 0.790. The number of aliphatic carboxylic acids is 1. The van der Waals surface area contributed by atoms with E-state index in [0.717, 1.165) is 0 Å². The number of nitrogens with zero attached hydrogens (tertiary/aromatic N) is 2. The molecule has 0 aromatic heterocycles. The number of likely N-dealkylation sites (tertiary alicyclic amines) is 1. The van der Waals surface area contributed by atoms with Crippen LogP contribution in [0, 0.1) is 0 Å². The summed E-state index contributed by atoms with van der Waals surface area (Å²) in [6, 6.07) is -0.273. The zero-order valence-corrected chi connectivity index (χ0v) is 12.1. The molecule has 0 saturated carbocycles. The van der Waals surface area contributed by atoms with Gasteiger partial charge in [-0.2, -0.15) is 0 Å². The van der Waals surface area contributed by atoms with E-state index < -0.39 is 17.1 Å². The summed E-state index contributed by atoms with van der Waals surface area (Å²) < 4.78 is 0. The van der Waals surface area contributed by atoms with Crippen LogP contribution in [-0.2, 0) is 4.79 Å². The molecule has 1 saturated heterocycles. The van der Waals surface area contributed by atoms with Gasteiger partial charge in [-0.3, -0.25) is 4.79 Å². The molecule has 0 aromatic rings. The standard InChI is InChI=1S/C13H24N2O4/c1-12(2,3)15(9-10(16)17)11(18)14-7-5-13(4,19)6-8-14/h19H,5-9H2,1-4H3,(H,16,17). The van der Waals surface area contributed by atoms with E-state index in [1.54, 1.807) is 11.8 Å². The molecule has 1 aliphatic rings. The zero-order chi connectivity index (χ0) is 14.8. The topological polar surface area (TPSA) is 81.1 Å². The van der Waals surface area contributed by atoms with Crippen molar-refractivity contribution in [2.24, 2.45) is 0 Å². The summed E-state index contributed by atoms with van der Waals surface area (Å²) in [6.07, 6.45) is 1.04. The Balaban J connectivity index is 2.75. The van der Waals surface area contributed by atoms with Gasteiger partial charge in [0.05, 0.1) is 5.60 Å². The maximum Gasteiger partial charge on any atom is 0.323 e. The van der Waals surface area contributed by atoms with Crippen LogP contribution >= 0.6 is 0 Å². The summed E-state index contributed by atoms with van der Waals surface area (Å²) in [4.78, 5) is 26.3. The molecule has 0 unspecified atom stereocenters. The Morgan fingerprint density at radius 3 is 2.11 bits per heavy atom. The second kappa shape index (κ2) is 5.36. The van der Waals surface area contributed by atoms with Gasteiger partial charge in [-0.05, 0) is 40.5 Å². The summed E-state index contributed by atoms with van der Waals surface area (Å²) >= 11 is 0. The number of aliphatic hydroxyl groups is 1. The van der Waals surface area contributed by atoms with Crippen LogP contribution in [-0.4, -0.2) is 62.8 Å². The lowest BCUT2D eigenvalue weighted by molar-refractivity contribution is -0.139. The highest BCUT2D eigenvalue weighted by Crippen LogP contribution is 2.24. The van der Waals surface area contributed by atoms with Crippen molar-refractivity contribution >= 4 is 12.0 Å². The molecule has 0 radical (unpaired) electrons. The number of carboxylic acids is 1. The molecule has 6 nitrogen and oxygen atoms in total. The lowest BCUT2D eigenvalue weighted by Gasteiger charge is -2.42. The fourth-order valence-electron chi connectivity index (χ4n) is 2.08. The zero-order valence-electron chi connectivity index (χ0n) is 12.1. The van der Waals surface area contributed by atoms with Crippen molar-refractivity contribution in [2.45, 2.75) is 51.7 Å². The minimum Gasteiger partial charge on any atom is -0.480 e. The predicted octanol–water partition coefficient (Wildman–Crippen LogP) is 1.14. The van der Waals surface area contributed by atoms with Gasteiger partial charge < -0.3 is 20.0 Å². The minimum atomic E-state index is -1.02. The van der Waals surface area contributed by atoms with Crippen molar-refractivity contribution in [3.8, 4) is 0 Å². The van der Waals surface area contributed by atoms with E-state index in [0.29, 0.717) is 25.9 Å². The van der Waals surface area contributed by atoms with Gasteiger partial charge in [-0.25, -0.2) is 4.79 Å². The van der Waals surface area contributed by atoms with Crippen LogP contribution in [0.3, 0.4) is 0 Å². The number of carbonyl (C=O) groups excluding carboxylic acids is 1. The minimum absolute atomic E-state index is 0.273. The van der Waals surface area contributed by atoms with Crippen LogP contribution in [0.2, 0.25) is 0 Å².